The summed E-state index contributed by atoms with van der Waals surface area (Å²) in [6.45, 7) is 0. The Labute approximate surface area is 99.8 Å². The molecular formula is C12H15ClOS. The Bertz CT molecular complexity index is 329. The molecule has 2 atom stereocenters. The zero-order chi connectivity index (χ0) is 10.7. The number of rotatable bonds is 2. The van der Waals surface area contributed by atoms with E-state index in [1.807, 2.05) is 24.3 Å². The predicted octanol–water partition coefficient (Wildman–Crippen LogP) is 3.74. The lowest BCUT2D eigenvalue weighted by molar-refractivity contribution is 0.137. The first-order chi connectivity index (χ1) is 7.27. The van der Waals surface area contributed by atoms with E-state index in [2.05, 4.69) is 0 Å². The Kier molecular flexibility index (Phi) is 3.95. The number of hydrogen-bond acceptors (Lipinski definition) is 2. The molecule has 1 aromatic rings. The molecule has 1 fully saturated rings. The Hall–Kier alpha value is -0.180. The van der Waals surface area contributed by atoms with E-state index in [1.54, 1.807) is 11.8 Å². The van der Waals surface area contributed by atoms with Gasteiger partial charge in [-0.2, -0.15) is 0 Å². The van der Waals surface area contributed by atoms with Gasteiger partial charge in [0.05, 0.1) is 11.1 Å². The highest BCUT2D eigenvalue weighted by molar-refractivity contribution is 8.00. The van der Waals surface area contributed by atoms with Crippen LogP contribution in [0.1, 0.15) is 25.7 Å². The van der Waals surface area contributed by atoms with Crippen LogP contribution in [0, 0.1) is 0 Å². The number of thioether (sulfide) groups is 1. The average molecular weight is 243 g/mol. The first-order valence-corrected chi connectivity index (χ1v) is 6.62. The minimum absolute atomic E-state index is 0.167. The van der Waals surface area contributed by atoms with Crippen LogP contribution in [0.15, 0.2) is 29.2 Å². The van der Waals surface area contributed by atoms with Gasteiger partial charge in [-0.3, -0.25) is 0 Å². The maximum Gasteiger partial charge on any atom is 0.0662 e. The molecule has 0 unspecified atom stereocenters. The molecule has 2 rings (SSSR count). The van der Waals surface area contributed by atoms with Crippen molar-refractivity contribution in [1.82, 2.24) is 0 Å². The third-order valence-electron chi connectivity index (χ3n) is 2.78. The number of benzene rings is 1. The van der Waals surface area contributed by atoms with E-state index >= 15 is 0 Å². The zero-order valence-electron chi connectivity index (χ0n) is 8.53. The highest BCUT2D eigenvalue weighted by atomic mass is 35.5. The van der Waals surface area contributed by atoms with Gasteiger partial charge in [0.25, 0.3) is 0 Å². The molecule has 0 bridgehead atoms. The highest BCUT2D eigenvalue weighted by Gasteiger charge is 2.24. The van der Waals surface area contributed by atoms with E-state index in [9.17, 15) is 5.11 Å². The lowest BCUT2D eigenvalue weighted by atomic mass is 9.97. The second-order valence-corrected chi connectivity index (χ2v) is 5.63. The zero-order valence-corrected chi connectivity index (χ0v) is 10.1. The van der Waals surface area contributed by atoms with Gasteiger partial charge in [0.15, 0.2) is 0 Å². The van der Waals surface area contributed by atoms with Crippen molar-refractivity contribution < 1.29 is 5.11 Å². The highest BCUT2D eigenvalue weighted by Crippen LogP contribution is 2.36. The van der Waals surface area contributed by atoms with Crippen molar-refractivity contribution in [3.8, 4) is 0 Å². The molecule has 0 amide bonds. The molecule has 0 spiro atoms. The molecule has 82 valence electrons. The molecule has 0 radical (unpaired) electrons. The van der Waals surface area contributed by atoms with Gasteiger partial charge < -0.3 is 5.11 Å². The molecule has 0 saturated heterocycles. The first kappa shape index (κ1) is 11.3. The van der Waals surface area contributed by atoms with Crippen molar-refractivity contribution in [1.29, 1.82) is 0 Å². The Morgan fingerprint density at radius 1 is 1.20 bits per heavy atom. The van der Waals surface area contributed by atoms with Crippen molar-refractivity contribution in [2.45, 2.75) is 41.9 Å². The Morgan fingerprint density at radius 2 is 1.93 bits per heavy atom. The van der Waals surface area contributed by atoms with Gasteiger partial charge in [0, 0.05) is 10.1 Å². The normalized spacial score (nSPS) is 26.5. The number of aliphatic hydroxyl groups excluding tert-OH is 1. The van der Waals surface area contributed by atoms with Gasteiger partial charge in [0.1, 0.15) is 0 Å². The van der Waals surface area contributed by atoms with Crippen LogP contribution in [0.2, 0.25) is 5.02 Å². The predicted molar refractivity (Wildman–Crippen MR) is 65.6 cm³/mol. The minimum Gasteiger partial charge on any atom is -0.392 e. The van der Waals surface area contributed by atoms with E-state index in [1.165, 1.54) is 6.42 Å². The van der Waals surface area contributed by atoms with Crippen molar-refractivity contribution in [2.24, 2.45) is 0 Å². The summed E-state index contributed by atoms with van der Waals surface area (Å²) in [5.41, 5.74) is 0. The van der Waals surface area contributed by atoms with Crippen molar-refractivity contribution in [3.05, 3.63) is 29.3 Å². The molecular weight excluding hydrogens is 228 g/mol. The maximum absolute atomic E-state index is 9.86. The molecule has 1 aromatic carbocycles. The minimum atomic E-state index is -0.167. The van der Waals surface area contributed by atoms with Gasteiger partial charge in [-0.05, 0) is 25.0 Å². The monoisotopic (exact) mass is 242 g/mol. The second-order valence-electron chi connectivity index (χ2n) is 3.94. The molecule has 0 heterocycles. The smallest absolute Gasteiger partial charge is 0.0662 e. The quantitative estimate of drug-likeness (QED) is 0.853. The van der Waals surface area contributed by atoms with E-state index in [0.717, 1.165) is 29.2 Å². The first-order valence-electron chi connectivity index (χ1n) is 5.36. The van der Waals surface area contributed by atoms with E-state index < -0.39 is 0 Å². The topological polar surface area (TPSA) is 20.2 Å². The van der Waals surface area contributed by atoms with Gasteiger partial charge in [-0.1, -0.05) is 36.6 Å². The average Bonchev–Trinajstić information content (AvgIpc) is 2.24. The molecule has 1 aliphatic rings. The molecule has 1 saturated carbocycles. The van der Waals surface area contributed by atoms with E-state index in [4.69, 9.17) is 11.6 Å². The van der Waals surface area contributed by atoms with Crippen molar-refractivity contribution in [3.63, 3.8) is 0 Å². The van der Waals surface area contributed by atoms with E-state index in [-0.39, 0.29) is 6.10 Å². The molecule has 1 nitrogen and oxygen atoms in total. The number of hydrogen-bond donors (Lipinski definition) is 1. The Balaban J connectivity index is 2.04. The summed E-state index contributed by atoms with van der Waals surface area (Å²) in [7, 11) is 0. The fourth-order valence-electron chi connectivity index (χ4n) is 1.92. The summed E-state index contributed by atoms with van der Waals surface area (Å²) in [6, 6.07) is 7.85. The summed E-state index contributed by atoms with van der Waals surface area (Å²) in [5.74, 6) is 0. The van der Waals surface area contributed by atoms with Gasteiger partial charge in [-0.15, -0.1) is 11.8 Å². The third-order valence-corrected chi connectivity index (χ3v) is 4.69. The molecule has 3 heteroatoms. The second kappa shape index (κ2) is 5.24. The molecule has 1 aliphatic carbocycles. The van der Waals surface area contributed by atoms with Gasteiger partial charge in [-0.25, -0.2) is 0 Å². The van der Waals surface area contributed by atoms with Crippen LogP contribution in [0.25, 0.3) is 0 Å². The van der Waals surface area contributed by atoms with Crippen LogP contribution >= 0.6 is 23.4 Å². The van der Waals surface area contributed by atoms with Crippen LogP contribution < -0.4 is 0 Å². The van der Waals surface area contributed by atoms with Crippen molar-refractivity contribution in [2.75, 3.05) is 0 Å². The van der Waals surface area contributed by atoms with Crippen LogP contribution in [0.4, 0.5) is 0 Å². The number of halogens is 1. The summed E-state index contributed by atoms with van der Waals surface area (Å²) in [6.07, 6.45) is 4.24. The van der Waals surface area contributed by atoms with Gasteiger partial charge >= 0.3 is 0 Å². The molecule has 15 heavy (non-hydrogen) atoms. The fraction of sp³-hybridized carbons (Fsp3) is 0.500. The summed E-state index contributed by atoms with van der Waals surface area (Å²) in [4.78, 5) is 1.09. The molecule has 0 aliphatic heterocycles. The largest absolute Gasteiger partial charge is 0.392 e. The lowest BCUT2D eigenvalue weighted by Crippen LogP contribution is -2.26. The van der Waals surface area contributed by atoms with Crippen LogP contribution in [-0.2, 0) is 0 Å². The summed E-state index contributed by atoms with van der Waals surface area (Å²) < 4.78 is 0. The SMILES string of the molecule is O[C@H]1CCCC[C@@H]1Sc1ccccc1Cl. The van der Waals surface area contributed by atoms with Gasteiger partial charge in [0.2, 0.25) is 0 Å². The number of aliphatic hydroxyl groups is 1. The van der Waals surface area contributed by atoms with Crippen LogP contribution in [0.5, 0.6) is 0 Å². The lowest BCUT2D eigenvalue weighted by Gasteiger charge is -2.27. The van der Waals surface area contributed by atoms with E-state index in [0.29, 0.717) is 5.25 Å². The fourth-order valence-corrected chi connectivity index (χ4v) is 3.43. The Morgan fingerprint density at radius 3 is 2.67 bits per heavy atom. The molecule has 1 N–H and O–H groups in total. The summed E-state index contributed by atoms with van der Waals surface area (Å²) >= 11 is 7.81. The third kappa shape index (κ3) is 2.90. The van der Waals surface area contributed by atoms with Crippen LogP contribution in [0.3, 0.4) is 0 Å². The standard InChI is InChI=1S/C12H15ClOS/c13-9-5-1-3-7-11(9)15-12-8-4-2-6-10(12)14/h1,3,5,7,10,12,14H,2,4,6,8H2/t10-,12-/m0/s1. The summed E-state index contributed by atoms with van der Waals surface area (Å²) in [5, 5.41) is 11.0. The van der Waals surface area contributed by atoms with Crippen molar-refractivity contribution >= 4 is 23.4 Å². The van der Waals surface area contributed by atoms with Crippen LogP contribution in [-0.4, -0.2) is 16.5 Å². The molecule has 0 aromatic heterocycles. The maximum atomic E-state index is 9.86.